The third kappa shape index (κ3) is 3.76. The molecule has 0 unspecified atom stereocenters. The summed E-state index contributed by atoms with van der Waals surface area (Å²) in [4.78, 5) is 16.0. The number of aliphatic imine (C=N–C) groups is 1. The molecule has 0 saturated heterocycles. The molecule has 0 amide bonds. The molecule has 0 saturated carbocycles. The Balaban J connectivity index is 1.84. The molecule has 4 rings (SSSR count). The Labute approximate surface area is 198 Å². The molecule has 0 spiro atoms. The fraction of sp³-hybridized carbons (Fsp3) is 0.414. The van der Waals surface area contributed by atoms with Crippen LogP contribution < -0.4 is 0 Å². The number of allylic oxidation sites excluding steroid dienone is 2. The Morgan fingerprint density at radius 3 is 1.88 bits per heavy atom. The number of aryl methyl sites for hydroxylation is 2. The van der Waals surface area contributed by atoms with Gasteiger partial charge in [0.15, 0.2) is 0 Å². The first kappa shape index (κ1) is 23.2. The average Bonchev–Trinajstić information content (AvgIpc) is 3.53. The van der Waals surface area contributed by atoms with E-state index in [4.69, 9.17) is 4.99 Å². The van der Waals surface area contributed by atoms with Crippen LogP contribution in [0.1, 0.15) is 85.8 Å². The number of nitrogens with one attached hydrogen (secondary N) is 3. The molecule has 1 aliphatic heterocycles. The van der Waals surface area contributed by atoms with Crippen molar-refractivity contribution in [2.24, 2.45) is 4.99 Å². The van der Waals surface area contributed by atoms with Gasteiger partial charge >= 0.3 is 0 Å². The summed E-state index contributed by atoms with van der Waals surface area (Å²) in [6.07, 6.45) is 10.5. The summed E-state index contributed by atoms with van der Waals surface area (Å²) in [5.41, 5.74) is 17.7. The lowest BCUT2D eigenvalue weighted by molar-refractivity contribution is 1.10. The van der Waals surface area contributed by atoms with E-state index in [1.807, 2.05) is 0 Å². The zero-order valence-electron chi connectivity index (χ0n) is 21.5. The van der Waals surface area contributed by atoms with Gasteiger partial charge in [0.05, 0.1) is 28.5 Å². The Hall–Kier alpha value is -3.01. The Bertz CT molecular complexity index is 1280. The average molecular weight is 443 g/mol. The van der Waals surface area contributed by atoms with E-state index in [2.05, 4.69) is 88.8 Å². The topological polar surface area (TPSA) is 59.7 Å². The van der Waals surface area contributed by atoms with Crippen LogP contribution in [0.5, 0.6) is 0 Å². The molecule has 0 bridgehead atoms. The zero-order chi connectivity index (χ0) is 23.9. The molecule has 4 heteroatoms. The predicted molar refractivity (Wildman–Crippen MR) is 141 cm³/mol. The Morgan fingerprint density at radius 2 is 1.30 bits per heavy atom. The van der Waals surface area contributed by atoms with Crippen molar-refractivity contribution >= 4 is 11.8 Å². The predicted octanol–water partition coefficient (Wildman–Crippen LogP) is 7.52. The van der Waals surface area contributed by atoms with Gasteiger partial charge in [0, 0.05) is 18.1 Å². The summed E-state index contributed by atoms with van der Waals surface area (Å²) in [6.45, 7) is 17.7. The molecule has 4 heterocycles. The van der Waals surface area contributed by atoms with Gasteiger partial charge in [-0.15, -0.1) is 0 Å². The molecular formula is C29H38N4. The van der Waals surface area contributed by atoms with Gasteiger partial charge in [-0.05, 0) is 104 Å². The largest absolute Gasteiger partial charge is 0.359 e. The van der Waals surface area contributed by atoms with Crippen LogP contribution in [0.3, 0.4) is 0 Å². The second kappa shape index (κ2) is 9.09. The SMILES string of the molecule is CCC1=C(C)/C(=C/c2[nH]c(-c3[nH]cc(C)c3CC)c(CC)c2C)N=C1c1[nH]cc(C)c1CC. The lowest BCUT2D eigenvalue weighted by Crippen LogP contribution is -2.06. The van der Waals surface area contributed by atoms with Crippen molar-refractivity contribution < 1.29 is 0 Å². The highest BCUT2D eigenvalue weighted by atomic mass is 14.9. The van der Waals surface area contributed by atoms with Gasteiger partial charge in [-0.2, -0.15) is 0 Å². The molecule has 3 N–H and O–H groups in total. The zero-order valence-corrected chi connectivity index (χ0v) is 21.5. The van der Waals surface area contributed by atoms with E-state index in [0.29, 0.717) is 0 Å². The minimum Gasteiger partial charge on any atom is -0.359 e. The molecule has 174 valence electrons. The highest BCUT2D eigenvalue weighted by Crippen LogP contribution is 2.36. The molecule has 1 aliphatic rings. The van der Waals surface area contributed by atoms with E-state index in [1.54, 1.807) is 0 Å². The van der Waals surface area contributed by atoms with Crippen molar-refractivity contribution in [1.82, 2.24) is 15.0 Å². The number of H-pyrrole nitrogens is 3. The molecule has 0 fully saturated rings. The lowest BCUT2D eigenvalue weighted by Gasteiger charge is -2.06. The summed E-state index contributed by atoms with van der Waals surface area (Å²) in [6, 6.07) is 0. The van der Waals surface area contributed by atoms with Crippen molar-refractivity contribution in [3.05, 3.63) is 74.0 Å². The van der Waals surface area contributed by atoms with Crippen LogP contribution in [0.2, 0.25) is 0 Å². The van der Waals surface area contributed by atoms with Gasteiger partial charge in [0.2, 0.25) is 0 Å². The third-order valence-electron chi connectivity index (χ3n) is 7.38. The molecule has 0 atom stereocenters. The van der Waals surface area contributed by atoms with Gasteiger partial charge in [0.25, 0.3) is 0 Å². The van der Waals surface area contributed by atoms with Crippen molar-refractivity contribution in [1.29, 1.82) is 0 Å². The van der Waals surface area contributed by atoms with Gasteiger partial charge in [-0.1, -0.05) is 27.7 Å². The molecule has 3 aromatic rings. The van der Waals surface area contributed by atoms with E-state index in [0.717, 1.165) is 42.8 Å². The first-order valence-corrected chi connectivity index (χ1v) is 12.4. The van der Waals surface area contributed by atoms with E-state index < -0.39 is 0 Å². The maximum Gasteiger partial charge on any atom is 0.0909 e. The molecule has 0 aliphatic carbocycles. The van der Waals surface area contributed by atoms with Crippen LogP contribution in [0.4, 0.5) is 0 Å². The van der Waals surface area contributed by atoms with E-state index in [-0.39, 0.29) is 0 Å². The second-order valence-electron chi connectivity index (χ2n) is 9.18. The van der Waals surface area contributed by atoms with Gasteiger partial charge in [-0.3, -0.25) is 0 Å². The molecule has 0 aromatic carbocycles. The number of rotatable bonds is 7. The summed E-state index contributed by atoms with van der Waals surface area (Å²) >= 11 is 0. The quantitative estimate of drug-likeness (QED) is 0.339. The third-order valence-corrected chi connectivity index (χ3v) is 7.38. The minimum atomic E-state index is 0.972. The number of aromatic nitrogens is 3. The van der Waals surface area contributed by atoms with E-state index >= 15 is 0 Å². The number of hydrogen-bond acceptors (Lipinski definition) is 1. The normalized spacial score (nSPS) is 15.3. The fourth-order valence-corrected chi connectivity index (χ4v) is 5.42. The summed E-state index contributed by atoms with van der Waals surface area (Å²) < 4.78 is 0. The summed E-state index contributed by atoms with van der Waals surface area (Å²) in [5.74, 6) is 0. The minimum absolute atomic E-state index is 0.972. The first-order valence-electron chi connectivity index (χ1n) is 12.4. The van der Waals surface area contributed by atoms with Crippen LogP contribution >= 0.6 is 0 Å². The van der Waals surface area contributed by atoms with Gasteiger partial charge in [0.1, 0.15) is 0 Å². The fourth-order valence-electron chi connectivity index (χ4n) is 5.42. The Kier molecular flexibility index (Phi) is 6.38. The van der Waals surface area contributed by atoms with Crippen LogP contribution in [0.25, 0.3) is 17.5 Å². The van der Waals surface area contributed by atoms with Crippen LogP contribution in [0, 0.1) is 20.8 Å². The summed E-state index contributed by atoms with van der Waals surface area (Å²) in [5, 5.41) is 0. The second-order valence-corrected chi connectivity index (χ2v) is 9.18. The molecular weight excluding hydrogens is 404 g/mol. The van der Waals surface area contributed by atoms with Gasteiger partial charge in [-0.25, -0.2) is 4.99 Å². The lowest BCUT2D eigenvalue weighted by atomic mass is 9.97. The Morgan fingerprint density at radius 1 is 0.727 bits per heavy atom. The smallest absolute Gasteiger partial charge is 0.0909 e. The molecule has 3 aromatic heterocycles. The summed E-state index contributed by atoms with van der Waals surface area (Å²) in [7, 11) is 0. The van der Waals surface area contributed by atoms with Crippen LogP contribution in [-0.2, 0) is 19.3 Å². The highest BCUT2D eigenvalue weighted by molar-refractivity contribution is 6.16. The first-order chi connectivity index (χ1) is 15.9. The van der Waals surface area contributed by atoms with Crippen molar-refractivity contribution in [3.8, 4) is 11.4 Å². The standard InChI is InChI=1S/C29H38N4/c1-9-20-16(5)14-30-26(20)28-22(11-3)18(7)24(32-28)13-25-19(8)23(12-4)29(33-25)27-21(10-2)17(6)15-31-27/h13-15,30-32H,9-12H2,1-8H3/b25-13-. The van der Waals surface area contributed by atoms with Gasteiger partial charge < -0.3 is 15.0 Å². The molecule has 4 nitrogen and oxygen atoms in total. The van der Waals surface area contributed by atoms with Crippen molar-refractivity contribution in [3.63, 3.8) is 0 Å². The molecule has 33 heavy (non-hydrogen) atoms. The molecule has 0 radical (unpaired) electrons. The van der Waals surface area contributed by atoms with Crippen LogP contribution in [-0.4, -0.2) is 20.7 Å². The maximum absolute atomic E-state index is 5.17. The van der Waals surface area contributed by atoms with Crippen molar-refractivity contribution in [2.45, 2.75) is 81.1 Å². The number of hydrogen-bond donors (Lipinski definition) is 3. The maximum atomic E-state index is 5.17. The monoisotopic (exact) mass is 442 g/mol. The van der Waals surface area contributed by atoms with Crippen LogP contribution in [0.15, 0.2) is 34.2 Å². The highest BCUT2D eigenvalue weighted by Gasteiger charge is 2.25. The number of nitrogens with zero attached hydrogens (tertiary/aromatic N) is 1. The van der Waals surface area contributed by atoms with E-state index in [1.165, 1.54) is 61.6 Å². The number of aromatic amines is 3. The van der Waals surface area contributed by atoms with E-state index in [9.17, 15) is 0 Å². The van der Waals surface area contributed by atoms with Crippen molar-refractivity contribution in [2.75, 3.05) is 0 Å².